The molecule has 1 nitrogen and oxygen atoms in total. The molecule has 1 heteroatoms. The first-order chi connectivity index (χ1) is 22.1. The standard InChI is InChI=1S/C44H36O/c1-5-8-17-29(4)33-26-39(44-38-25-24-32(30(7-3)16-6-2)27-40(38)45-41(44)28-33)43-36-22-14-12-20-34(36)42(31-18-10-9-11-19-31)35-21-13-15-23-37(35)43/h5-28H,1-4H3/b8-5-,16-6-,29-17+,30-7+. The van der Waals surface area contributed by atoms with E-state index in [4.69, 9.17) is 4.42 Å². The van der Waals surface area contributed by atoms with Crippen LogP contribution in [0, 0.1) is 0 Å². The fraction of sp³-hybridized carbons (Fsp3) is 0.0909. The molecule has 0 aliphatic carbocycles. The summed E-state index contributed by atoms with van der Waals surface area (Å²) in [6, 6.07) is 39.7. The van der Waals surface area contributed by atoms with Crippen molar-refractivity contribution in [2.45, 2.75) is 27.7 Å². The fourth-order valence-electron chi connectivity index (χ4n) is 6.72. The SMILES string of the molecule is C/C=C\C=C(/C)c1cc(-c2c3ccccc3c(-c3ccccc3)c3ccccc23)c2c(c1)oc1cc(C(/C=C\C)=C/C)ccc12. The van der Waals surface area contributed by atoms with Crippen molar-refractivity contribution in [2.75, 3.05) is 0 Å². The highest BCUT2D eigenvalue weighted by molar-refractivity contribution is 6.26. The second-order valence-corrected chi connectivity index (χ2v) is 11.5. The fourth-order valence-corrected chi connectivity index (χ4v) is 6.72. The maximum atomic E-state index is 6.74. The zero-order valence-electron chi connectivity index (χ0n) is 26.3. The zero-order chi connectivity index (χ0) is 30.9. The maximum Gasteiger partial charge on any atom is 0.136 e. The van der Waals surface area contributed by atoms with Gasteiger partial charge in [0.2, 0.25) is 0 Å². The lowest BCUT2D eigenvalue weighted by Gasteiger charge is -2.19. The van der Waals surface area contributed by atoms with E-state index in [0.717, 1.165) is 33.1 Å². The van der Waals surface area contributed by atoms with E-state index in [9.17, 15) is 0 Å². The third kappa shape index (κ3) is 4.91. The molecule has 0 unspecified atom stereocenters. The lowest BCUT2D eigenvalue weighted by molar-refractivity contribution is 0.668. The van der Waals surface area contributed by atoms with E-state index in [0.29, 0.717) is 0 Å². The number of allylic oxidation sites excluding steroid dienone is 8. The smallest absolute Gasteiger partial charge is 0.136 e. The van der Waals surface area contributed by atoms with Gasteiger partial charge in [0.1, 0.15) is 11.2 Å². The van der Waals surface area contributed by atoms with E-state index in [1.54, 1.807) is 0 Å². The summed E-state index contributed by atoms with van der Waals surface area (Å²) in [5.74, 6) is 0. The van der Waals surface area contributed by atoms with Gasteiger partial charge in [-0.15, -0.1) is 0 Å². The summed E-state index contributed by atoms with van der Waals surface area (Å²) in [4.78, 5) is 0. The Hall–Kier alpha value is -5.40. The molecule has 0 N–H and O–H groups in total. The van der Waals surface area contributed by atoms with Gasteiger partial charge in [0.15, 0.2) is 0 Å². The molecule has 0 fully saturated rings. The second-order valence-electron chi connectivity index (χ2n) is 11.5. The van der Waals surface area contributed by atoms with E-state index in [-0.39, 0.29) is 0 Å². The van der Waals surface area contributed by atoms with Crippen molar-refractivity contribution in [3.8, 4) is 22.3 Å². The average molecular weight is 581 g/mol. The van der Waals surface area contributed by atoms with Crippen molar-refractivity contribution in [1.29, 1.82) is 0 Å². The van der Waals surface area contributed by atoms with Crippen LogP contribution in [0.15, 0.2) is 150 Å². The van der Waals surface area contributed by atoms with Crippen LogP contribution in [-0.2, 0) is 0 Å². The Kier molecular flexibility index (Phi) is 7.53. The van der Waals surface area contributed by atoms with Crippen LogP contribution in [0.4, 0.5) is 0 Å². The predicted molar refractivity (Wildman–Crippen MR) is 197 cm³/mol. The summed E-state index contributed by atoms with van der Waals surface area (Å²) < 4.78 is 6.74. The van der Waals surface area contributed by atoms with Crippen LogP contribution >= 0.6 is 0 Å². The summed E-state index contributed by atoms with van der Waals surface area (Å²) in [5, 5.41) is 7.24. The molecule has 1 heterocycles. The number of hydrogen-bond donors (Lipinski definition) is 0. The van der Waals surface area contributed by atoms with Crippen molar-refractivity contribution < 1.29 is 4.42 Å². The molecule has 218 valence electrons. The Labute approximate surface area is 265 Å². The van der Waals surface area contributed by atoms with Crippen LogP contribution in [0.3, 0.4) is 0 Å². The molecule has 0 bridgehead atoms. The van der Waals surface area contributed by atoms with E-state index < -0.39 is 0 Å². The van der Waals surface area contributed by atoms with E-state index >= 15 is 0 Å². The molecule has 7 rings (SSSR count). The van der Waals surface area contributed by atoms with Crippen LogP contribution in [-0.4, -0.2) is 0 Å². The maximum absolute atomic E-state index is 6.74. The van der Waals surface area contributed by atoms with Gasteiger partial charge < -0.3 is 4.42 Å². The summed E-state index contributed by atoms with van der Waals surface area (Å²) in [7, 11) is 0. The van der Waals surface area contributed by atoms with Gasteiger partial charge in [0, 0.05) is 10.8 Å². The molecule has 0 aliphatic rings. The first-order valence-electron chi connectivity index (χ1n) is 15.7. The van der Waals surface area contributed by atoms with Gasteiger partial charge in [0.05, 0.1) is 0 Å². The second kappa shape index (κ2) is 11.9. The third-order valence-corrected chi connectivity index (χ3v) is 8.82. The van der Waals surface area contributed by atoms with Gasteiger partial charge in [-0.1, -0.05) is 121 Å². The average Bonchev–Trinajstić information content (AvgIpc) is 3.46. The molecule has 0 spiro atoms. The summed E-state index contributed by atoms with van der Waals surface area (Å²) in [6.07, 6.45) is 12.7. The number of fused-ring (bicyclic) bond motifs is 5. The van der Waals surface area contributed by atoms with Crippen LogP contribution < -0.4 is 0 Å². The highest BCUT2D eigenvalue weighted by atomic mass is 16.3. The van der Waals surface area contributed by atoms with Crippen LogP contribution in [0.5, 0.6) is 0 Å². The number of hydrogen-bond acceptors (Lipinski definition) is 1. The van der Waals surface area contributed by atoms with Crippen LogP contribution in [0.25, 0.3) is 76.9 Å². The van der Waals surface area contributed by atoms with Gasteiger partial charge >= 0.3 is 0 Å². The van der Waals surface area contributed by atoms with E-state index in [1.165, 1.54) is 54.9 Å². The molecule has 45 heavy (non-hydrogen) atoms. The summed E-state index contributed by atoms with van der Waals surface area (Å²) >= 11 is 0. The first-order valence-corrected chi connectivity index (χ1v) is 15.7. The summed E-state index contributed by atoms with van der Waals surface area (Å²) in [6.45, 7) is 8.36. The minimum Gasteiger partial charge on any atom is -0.456 e. The lowest BCUT2D eigenvalue weighted by atomic mass is 9.84. The molecular weight excluding hydrogens is 544 g/mol. The third-order valence-electron chi connectivity index (χ3n) is 8.82. The van der Waals surface area contributed by atoms with Gasteiger partial charge in [-0.3, -0.25) is 0 Å². The largest absolute Gasteiger partial charge is 0.456 e. The van der Waals surface area contributed by atoms with E-state index in [1.807, 2.05) is 0 Å². The molecule has 0 aliphatic heterocycles. The molecule has 0 atom stereocenters. The molecule has 0 saturated heterocycles. The quantitative estimate of drug-likeness (QED) is 0.141. The Balaban J connectivity index is 1.64. The van der Waals surface area contributed by atoms with Gasteiger partial charge in [-0.25, -0.2) is 0 Å². The summed E-state index contributed by atoms with van der Waals surface area (Å²) in [5.41, 5.74) is 11.4. The Morgan fingerprint density at radius 3 is 1.82 bits per heavy atom. The highest BCUT2D eigenvalue weighted by Crippen LogP contribution is 2.47. The Bertz CT molecular complexity index is 2280. The predicted octanol–water partition coefficient (Wildman–Crippen LogP) is 13.2. The molecule has 6 aromatic carbocycles. The monoisotopic (exact) mass is 580 g/mol. The van der Waals surface area contributed by atoms with Gasteiger partial charge in [0.25, 0.3) is 0 Å². The molecular formula is C44H36O. The number of rotatable bonds is 6. The zero-order valence-corrected chi connectivity index (χ0v) is 26.3. The number of furan rings is 1. The molecule has 1 aromatic heterocycles. The Morgan fingerprint density at radius 2 is 1.20 bits per heavy atom. The van der Waals surface area contributed by atoms with Crippen LogP contribution in [0.2, 0.25) is 0 Å². The van der Waals surface area contributed by atoms with Crippen molar-refractivity contribution in [1.82, 2.24) is 0 Å². The minimum absolute atomic E-state index is 0.898. The van der Waals surface area contributed by atoms with Crippen molar-refractivity contribution in [3.05, 3.63) is 157 Å². The van der Waals surface area contributed by atoms with Crippen molar-refractivity contribution >= 4 is 54.6 Å². The van der Waals surface area contributed by atoms with E-state index in [2.05, 4.69) is 173 Å². The molecule has 0 radical (unpaired) electrons. The highest BCUT2D eigenvalue weighted by Gasteiger charge is 2.21. The minimum atomic E-state index is 0.898. The molecule has 7 aromatic rings. The van der Waals surface area contributed by atoms with Crippen LogP contribution in [0.1, 0.15) is 38.8 Å². The normalized spacial score (nSPS) is 13.0. The van der Waals surface area contributed by atoms with Gasteiger partial charge in [-0.2, -0.15) is 0 Å². The number of benzene rings is 6. The Morgan fingerprint density at radius 1 is 0.578 bits per heavy atom. The lowest BCUT2D eigenvalue weighted by Crippen LogP contribution is -1.92. The van der Waals surface area contributed by atoms with Crippen molar-refractivity contribution in [2.24, 2.45) is 0 Å². The topological polar surface area (TPSA) is 13.1 Å². The van der Waals surface area contributed by atoms with Gasteiger partial charge in [-0.05, 0) is 118 Å². The van der Waals surface area contributed by atoms with Crippen molar-refractivity contribution in [3.63, 3.8) is 0 Å². The molecule has 0 amide bonds. The molecule has 0 saturated carbocycles. The first kappa shape index (κ1) is 28.4.